The number of alkyl carbamates (subject to hydrolysis) is 1. The Bertz CT molecular complexity index is 1470. The van der Waals surface area contributed by atoms with E-state index in [1.807, 2.05) is 126 Å². The molecular formula is C40H53N3O8. The van der Waals surface area contributed by atoms with Gasteiger partial charge in [-0.25, -0.2) is 14.4 Å². The Morgan fingerprint density at radius 2 is 1.20 bits per heavy atom. The van der Waals surface area contributed by atoms with E-state index in [9.17, 15) is 24.3 Å². The number of benzene rings is 3. The molecule has 11 heteroatoms. The van der Waals surface area contributed by atoms with E-state index >= 15 is 0 Å². The fraction of sp³-hybridized carbons (Fsp3) is 0.450. The summed E-state index contributed by atoms with van der Waals surface area (Å²) < 4.78 is 16.9. The van der Waals surface area contributed by atoms with Crippen LogP contribution in [0.15, 0.2) is 91.0 Å². The molecule has 3 amide bonds. The Hall–Kier alpha value is -4.90. The second kappa shape index (κ2) is 17.8. The van der Waals surface area contributed by atoms with Crippen LogP contribution in [0.5, 0.6) is 0 Å². The second-order valence-electron chi connectivity index (χ2n) is 14.8. The molecule has 0 aliphatic rings. The molecule has 276 valence electrons. The molecule has 0 heterocycles. The number of carboxylic acids is 1. The van der Waals surface area contributed by atoms with E-state index in [2.05, 4.69) is 10.6 Å². The molecule has 3 aromatic carbocycles. The smallest absolute Gasteiger partial charge is 0.410 e. The molecule has 0 aliphatic carbocycles. The number of hydrogen-bond donors (Lipinski definition) is 3. The zero-order valence-corrected chi connectivity index (χ0v) is 31.0. The van der Waals surface area contributed by atoms with Crippen molar-refractivity contribution in [2.45, 2.75) is 90.6 Å². The lowest BCUT2D eigenvalue weighted by molar-refractivity contribution is -0.145. The van der Waals surface area contributed by atoms with Crippen molar-refractivity contribution in [1.82, 2.24) is 15.5 Å². The molecule has 3 N–H and O–H groups in total. The van der Waals surface area contributed by atoms with Crippen LogP contribution < -0.4 is 10.6 Å². The van der Waals surface area contributed by atoms with Crippen LogP contribution in [0, 0.1) is 5.92 Å². The zero-order valence-electron chi connectivity index (χ0n) is 31.0. The number of carbonyl (C=O) groups is 4. The summed E-state index contributed by atoms with van der Waals surface area (Å²) in [6.07, 6.45) is -2.35. The quantitative estimate of drug-likeness (QED) is 0.148. The van der Waals surface area contributed by atoms with Gasteiger partial charge in [-0.05, 0) is 64.2 Å². The van der Waals surface area contributed by atoms with E-state index in [4.69, 9.17) is 14.2 Å². The van der Waals surface area contributed by atoms with Gasteiger partial charge in [0.05, 0.1) is 31.3 Å². The summed E-state index contributed by atoms with van der Waals surface area (Å²) in [5.74, 6) is -2.11. The lowest BCUT2D eigenvalue weighted by Crippen LogP contribution is -2.56. The SMILES string of the molecule is CC(C)COC(=O)N(CC(COC(C)(C)C)NC(=O)OC(C)(C)C)C(CC(=O)NC(c1ccccc1)(c1ccccc1)c1ccccc1)C(=O)O. The largest absolute Gasteiger partial charge is 0.480 e. The van der Waals surface area contributed by atoms with Crippen molar-refractivity contribution in [3.63, 3.8) is 0 Å². The fourth-order valence-corrected chi connectivity index (χ4v) is 5.40. The first-order chi connectivity index (χ1) is 23.9. The van der Waals surface area contributed by atoms with Gasteiger partial charge in [-0.1, -0.05) is 105 Å². The molecule has 0 saturated heterocycles. The topological polar surface area (TPSA) is 144 Å². The third-order valence-electron chi connectivity index (χ3n) is 7.62. The van der Waals surface area contributed by atoms with E-state index in [0.29, 0.717) is 0 Å². The minimum absolute atomic E-state index is 0.00958. The second-order valence-corrected chi connectivity index (χ2v) is 14.8. The molecule has 0 aromatic heterocycles. The van der Waals surface area contributed by atoms with Crippen LogP contribution in [0.25, 0.3) is 0 Å². The monoisotopic (exact) mass is 703 g/mol. The predicted octanol–water partition coefficient (Wildman–Crippen LogP) is 6.74. The minimum Gasteiger partial charge on any atom is -0.480 e. The highest BCUT2D eigenvalue weighted by atomic mass is 16.6. The molecule has 2 unspecified atom stereocenters. The van der Waals surface area contributed by atoms with Crippen LogP contribution in [0.1, 0.15) is 78.5 Å². The van der Waals surface area contributed by atoms with Gasteiger partial charge >= 0.3 is 18.2 Å². The number of rotatable bonds is 15. The molecular weight excluding hydrogens is 650 g/mol. The maximum absolute atomic E-state index is 14.3. The van der Waals surface area contributed by atoms with Gasteiger partial charge in [0.15, 0.2) is 0 Å². The summed E-state index contributed by atoms with van der Waals surface area (Å²) in [7, 11) is 0. The Balaban J connectivity index is 2.07. The van der Waals surface area contributed by atoms with Crippen LogP contribution in [-0.4, -0.2) is 77.1 Å². The van der Waals surface area contributed by atoms with Crippen LogP contribution in [0.2, 0.25) is 0 Å². The maximum Gasteiger partial charge on any atom is 0.410 e. The molecule has 0 bridgehead atoms. The molecule has 0 spiro atoms. The number of carbonyl (C=O) groups excluding carboxylic acids is 3. The summed E-state index contributed by atoms with van der Waals surface area (Å²) in [6.45, 7) is 13.9. The van der Waals surface area contributed by atoms with Crippen LogP contribution in [0.4, 0.5) is 9.59 Å². The van der Waals surface area contributed by atoms with Gasteiger partial charge in [0.25, 0.3) is 0 Å². The number of ether oxygens (including phenoxy) is 3. The van der Waals surface area contributed by atoms with Crippen molar-refractivity contribution in [1.29, 1.82) is 0 Å². The molecule has 0 radical (unpaired) electrons. The van der Waals surface area contributed by atoms with E-state index in [-0.39, 0.29) is 25.7 Å². The molecule has 2 atom stereocenters. The van der Waals surface area contributed by atoms with Gasteiger partial charge in [0.1, 0.15) is 17.2 Å². The highest BCUT2D eigenvalue weighted by Gasteiger charge is 2.41. The van der Waals surface area contributed by atoms with E-state index in [1.165, 1.54) is 0 Å². The summed E-state index contributed by atoms with van der Waals surface area (Å²) in [5, 5.41) is 16.5. The van der Waals surface area contributed by atoms with Crippen LogP contribution >= 0.6 is 0 Å². The first kappa shape index (κ1) is 40.5. The van der Waals surface area contributed by atoms with Gasteiger partial charge in [0.2, 0.25) is 5.91 Å². The van der Waals surface area contributed by atoms with Crippen molar-refractivity contribution in [3.05, 3.63) is 108 Å². The first-order valence-electron chi connectivity index (χ1n) is 17.2. The fourth-order valence-electron chi connectivity index (χ4n) is 5.40. The van der Waals surface area contributed by atoms with Gasteiger partial charge in [-0.3, -0.25) is 9.69 Å². The Morgan fingerprint density at radius 3 is 1.59 bits per heavy atom. The van der Waals surface area contributed by atoms with E-state index in [1.54, 1.807) is 20.8 Å². The average Bonchev–Trinajstić information content (AvgIpc) is 3.06. The average molecular weight is 704 g/mol. The van der Waals surface area contributed by atoms with Gasteiger partial charge in [-0.2, -0.15) is 0 Å². The lowest BCUT2D eigenvalue weighted by atomic mass is 9.77. The highest BCUT2D eigenvalue weighted by molar-refractivity contribution is 5.88. The number of nitrogens with zero attached hydrogens (tertiary/aromatic N) is 1. The van der Waals surface area contributed by atoms with Crippen LogP contribution in [-0.2, 0) is 29.3 Å². The first-order valence-corrected chi connectivity index (χ1v) is 17.2. The summed E-state index contributed by atoms with van der Waals surface area (Å²) in [6, 6.07) is 25.6. The number of nitrogens with one attached hydrogen (secondary N) is 2. The Kier molecular flexibility index (Phi) is 14.2. The summed E-state index contributed by atoms with van der Waals surface area (Å²) in [4.78, 5) is 54.9. The maximum atomic E-state index is 14.3. The molecule has 0 saturated carbocycles. The predicted molar refractivity (Wildman–Crippen MR) is 195 cm³/mol. The third-order valence-corrected chi connectivity index (χ3v) is 7.62. The van der Waals surface area contributed by atoms with E-state index in [0.717, 1.165) is 21.6 Å². The standard InChI is InChI=1S/C40H53N3O8/c1-28(2)26-49-37(48)43(25-32(27-50-38(3,4)5)41-36(47)51-39(6,7)8)33(35(45)46)24-34(44)42-40(29-18-12-9-13-19-29,30-20-14-10-15-21-30)31-22-16-11-17-23-31/h9-23,28,32-33H,24-27H2,1-8H3,(H,41,47)(H,42,44)(H,45,46). The van der Waals surface area contributed by atoms with Crippen molar-refractivity contribution < 1.29 is 38.5 Å². The van der Waals surface area contributed by atoms with Crippen LogP contribution in [0.3, 0.4) is 0 Å². The number of carboxylic acid groups (broad SMARTS) is 1. The van der Waals surface area contributed by atoms with Gasteiger partial charge in [-0.15, -0.1) is 0 Å². The zero-order chi connectivity index (χ0) is 37.8. The number of amides is 3. The van der Waals surface area contributed by atoms with Crippen molar-refractivity contribution in [3.8, 4) is 0 Å². The van der Waals surface area contributed by atoms with Gasteiger partial charge in [0, 0.05) is 6.54 Å². The molecule has 51 heavy (non-hydrogen) atoms. The summed E-state index contributed by atoms with van der Waals surface area (Å²) in [5.41, 5.74) is -0.419. The minimum atomic E-state index is -1.68. The number of aliphatic carboxylic acids is 1. The summed E-state index contributed by atoms with van der Waals surface area (Å²) >= 11 is 0. The molecule has 0 aliphatic heterocycles. The molecule has 0 fully saturated rings. The normalized spacial score (nSPS) is 13.1. The molecule has 3 rings (SSSR count). The Morgan fingerprint density at radius 1 is 0.725 bits per heavy atom. The molecule has 3 aromatic rings. The van der Waals surface area contributed by atoms with Gasteiger partial charge < -0.3 is 30.0 Å². The third kappa shape index (κ3) is 12.4. The van der Waals surface area contributed by atoms with Crippen molar-refractivity contribution >= 4 is 24.1 Å². The number of hydrogen-bond acceptors (Lipinski definition) is 7. The Labute approximate surface area is 301 Å². The highest BCUT2D eigenvalue weighted by Crippen LogP contribution is 2.37. The lowest BCUT2D eigenvalue weighted by Gasteiger charge is -2.38. The molecule has 11 nitrogen and oxygen atoms in total. The van der Waals surface area contributed by atoms with E-state index < -0.39 is 59.3 Å². The van der Waals surface area contributed by atoms with Crippen molar-refractivity contribution in [2.24, 2.45) is 5.92 Å². The van der Waals surface area contributed by atoms with Crippen molar-refractivity contribution in [2.75, 3.05) is 19.8 Å².